The molecule has 0 aromatic carbocycles. The van der Waals surface area contributed by atoms with Crippen LogP contribution in [0.25, 0.3) is 10.3 Å². The van der Waals surface area contributed by atoms with E-state index in [1.165, 1.54) is 11.3 Å². The summed E-state index contributed by atoms with van der Waals surface area (Å²) in [5, 5.41) is 0.923. The molecule has 0 atom stereocenters. The second-order valence-corrected chi connectivity index (χ2v) is 3.69. The molecule has 0 saturated heterocycles. The maximum atomic E-state index is 11.0. The average molecular weight is 196 g/mol. The van der Waals surface area contributed by atoms with Crippen molar-refractivity contribution in [3.63, 3.8) is 0 Å². The number of ketones is 1. The quantitative estimate of drug-likeness (QED) is 0.693. The lowest BCUT2D eigenvalue weighted by Gasteiger charge is -1.88. The highest BCUT2D eigenvalue weighted by Gasteiger charge is 2.10. The second-order valence-electron chi connectivity index (χ2n) is 2.68. The summed E-state index contributed by atoms with van der Waals surface area (Å²) in [6, 6.07) is 3.59. The van der Waals surface area contributed by atoms with Gasteiger partial charge in [-0.1, -0.05) is 11.3 Å². The third-order valence-corrected chi connectivity index (χ3v) is 2.87. The molecule has 2 aromatic rings. The molecule has 0 spiro atoms. The predicted molar refractivity (Wildman–Crippen MR) is 50.6 cm³/mol. The Kier molecular flexibility index (Phi) is 1.84. The smallest absolute Gasteiger partial charge is 0.285 e. The lowest BCUT2D eigenvalue weighted by molar-refractivity contribution is 0.102. The van der Waals surface area contributed by atoms with Crippen LogP contribution in [-0.4, -0.2) is 12.9 Å². The van der Waals surface area contributed by atoms with Crippen molar-refractivity contribution in [2.45, 2.75) is 6.92 Å². The Morgan fingerprint density at radius 1 is 1.54 bits per heavy atom. The van der Waals surface area contributed by atoms with Crippen molar-refractivity contribution >= 4 is 27.4 Å². The summed E-state index contributed by atoms with van der Waals surface area (Å²) in [6.45, 7) is 1.54. The molecule has 2 heterocycles. The Hall–Kier alpha value is -1.29. The average Bonchev–Trinajstić information content (AvgIpc) is 2.58. The molecule has 0 aliphatic rings. The van der Waals surface area contributed by atoms with Gasteiger partial charge in [-0.2, -0.15) is 0 Å². The normalized spacial score (nSPS) is 10.6. The second kappa shape index (κ2) is 2.88. The standard InChI is InChI=1S/C9H8O3S/c1-5(10)7-3-6-4-8(11-2)12-9(6)13-7/h3-4H,1-2H3. The lowest BCUT2D eigenvalue weighted by atomic mass is 10.3. The maximum Gasteiger partial charge on any atom is 0.285 e. The van der Waals surface area contributed by atoms with Crippen molar-refractivity contribution in [2.75, 3.05) is 7.11 Å². The third kappa shape index (κ3) is 1.33. The van der Waals surface area contributed by atoms with Crippen LogP contribution < -0.4 is 4.74 Å². The number of carbonyl (C=O) groups is 1. The Morgan fingerprint density at radius 2 is 2.31 bits per heavy atom. The number of ether oxygens (including phenoxy) is 1. The number of hydrogen-bond acceptors (Lipinski definition) is 4. The van der Waals surface area contributed by atoms with E-state index in [0.717, 1.165) is 15.2 Å². The fourth-order valence-corrected chi connectivity index (χ4v) is 1.98. The number of rotatable bonds is 2. The van der Waals surface area contributed by atoms with Crippen LogP contribution in [0.15, 0.2) is 16.5 Å². The molecule has 13 heavy (non-hydrogen) atoms. The van der Waals surface area contributed by atoms with Gasteiger partial charge in [0.1, 0.15) is 0 Å². The number of hydrogen-bond donors (Lipinski definition) is 0. The van der Waals surface area contributed by atoms with Gasteiger partial charge in [0.05, 0.1) is 12.0 Å². The number of methoxy groups -OCH3 is 1. The van der Waals surface area contributed by atoms with Crippen molar-refractivity contribution in [3.05, 3.63) is 17.0 Å². The van der Waals surface area contributed by atoms with Crippen LogP contribution in [0.5, 0.6) is 5.95 Å². The Balaban J connectivity index is 2.54. The van der Waals surface area contributed by atoms with Crippen molar-refractivity contribution in [2.24, 2.45) is 0 Å². The summed E-state index contributed by atoms with van der Waals surface area (Å²) in [4.78, 5) is 12.5. The lowest BCUT2D eigenvalue weighted by Crippen LogP contribution is -1.83. The first-order chi connectivity index (χ1) is 6.20. The van der Waals surface area contributed by atoms with Crippen LogP contribution in [0.4, 0.5) is 0 Å². The van der Waals surface area contributed by atoms with E-state index in [9.17, 15) is 4.79 Å². The van der Waals surface area contributed by atoms with E-state index in [2.05, 4.69) is 0 Å². The molecule has 0 unspecified atom stereocenters. The van der Waals surface area contributed by atoms with Gasteiger partial charge in [0.25, 0.3) is 5.95 Å². The summed E-state index contributed by atoms with van der Waals surface area (Å²) >= 11 is 1.35. The zero-order valence-corrected chi connectivity index (χ0v) is 8.10. The van der Waals surface area contributed by atoms with Gasteiger partial charge in [-0.25, -0.2) is 0 Å². The molecular weight excluding hydrogens is 188 g/mol. The fraction of sp³-hybridized carbons (Fsp3) is 0.222. The van der Waals surface area contributed by atoms with E-state index < -0.39 is 0 Å². The minimum Gasteiger partial charge on any atom is -0.468 e. The third-order valence-electron chi connectivity index (χ3n) is 1.74. The largest absolute Gasteiger partial charge is 0.468 e. The topological polar surface area (TPSA) is 39.4 Å². The first-order valence-corrected chi connectivity index (χ1v) is 4.60. The van der Waals surface area contributed by atoms with Gasteiger partial charge in [0.15, 0.2) is 10.7 Å². The molecule has 68 valence electrons. The van der Waals surface area contributed by atoms with Gasteiger partial charge >= 0.3 is 0 Å². The molecule has 0 bridgehead atoms. The highest BCUT2D eigenvalue weighted by Crippen LogP contribution is 2.32. The first kappa shape index (κ1) is 8.31. The Bertz CT molecular complexity index is 421. The molecule has 0 aliphatic carbocycles. The van der Waals surface area contributed by atoms with Gasteiger partial charge in [0.2, 0.25) is 0 Å². The minimum atomic E-state index is 0.0652. The number of carbonyl (C=O) groups excluding carboxylic acids is 1. The number of fused-ring (bicyclic) bond motifs is 1. The summed E-state index contributed by atoms with van der Waals surface area (Å²) < 4.78 is 10.2. The molecule has 0 N–H and O–H groups in total. The van der Waals surface area contributed by atoms with E-state index in [4.69, 9.17) is 9.15 Å². The zero-order chi connectivity index (χ0) is 9.42. The molecule has 2 rings (SSSR count). The van der Waals surface area contributed by atoms with E-state index in [1.54, 1.807) is 20.1 Å². The molecular formula is C9H8O3S. The first-order valence-electron chi connectivity index (χ1n) is 3.79. The molecule has 2 aromatic heterocycles. The van der Waals surface area contributed by atoms with Gasteiger partial charge in [-0.05, 0) is 13.0 Å². The molecule has 0 fully saturated rings. The summed E-state index contributed by atoms with van der Waals surface area (Å²) in [5.41, 5.74) is 0. The van der Waals surface area contributed by atoms with E-state index in [0.29, 0.717) is 5.95 Å². The summed E-state index contributed by atoms with van der Waals surface area (Å²) in [7, 11) is 1.55. The van der Waals surface area contributed by atoms with E-state index in [1.807, 2.05) is 6.07 Å². The van der Waals surface area contributed by atoms with Crippen molar-refractivity contribution in [3.8, 4) is 5.95 Å². The highest BCUT2D eigenvalue weighted by molar-refractivity contribution is 7.20. The molecule has 0 radical (unpaired) electrons. The van der Waals surface area contributed by atoms with Crippen molar-refractivity contribution in [1.29, 1.82) is 0 Å². The van der Waals surface area contributed by atoms with E-state index >= 15 is 0 Å². The van der Waals surface area contributed by atoms with Gasteiger partial charge in [-0.3, -0.25) is 4.79 Å². The van der Waals surface area contributed by atoms with E-state index in [-0.39, 0.29) is 5.78 Å². The monoisotopic (exact) mass is 196 g/mol. The van der Waals surface area contributed by atoms with Gasteiger partial charge in [0, 0.05) is 11.5 Å². The maximum absolute atomic E-state index is 11.0. The van der Waals surface area contributed by atoms with Gasteiger partial charge in [-0.15, -0.1) is 0 Å². The number of thiophene rings is 1. The summed E-state index contributed by atoms with van der Waals surface area (Å²) in [5.74, 6) is 0.548. The van der Waals surface area contributed by atoms with Crippen LogP contribution in [0, 0.1) is 0 Å². The molecule has 3 nitrogen and oxygen atoms in total. The molecule has 0 saturated carbocycles. The van der Waals surface area contributed by atoms with Crippen molar-refractivity contribution in [1.82, 2.24) is 0 Å². The summed E-state index contributed by atoms with van der Waals surface area (Å²) in [6.07, 6.45) is 0. The number of Topliss-reactive ketones (excluding diaryl/α,β-unsaturated/α-hetero) is 1. The minimum absolute atomic E-state index is 0.0652. The van der Waals surface area contributed by atoms with Crippen LogP contribution >= 0.6 is 11.3 Å². The molecule has 0 aliphatic heterocycles. The predicted octanol–water partition coefficient (Wildman–Crippen LogP) is 2.71. The SMILES string of the molecule is COc1cc2cc(C(C)=O)sc2o1. The molecule has 0 amide bonds. The van der Waals surface area contributed by atoms with Crippen molar-refractivity contribution < 1.29 is 13.9 Å². The fourth-order valence-electron chi connectivity index (χ4n) is 1.09. The van der Waals surface area contributed by atoms with Crippen LogP contribution in [0.3, 0.4) is 0 Å². The number of furan rings is 1. The van der Waals surface area contributed by atoms with Crippen LogP contribution in [0.2, 0.25) is 0 Å². The van der Waals surface area contributed by atoms with Crippen LogP contribution in [0.1, 0.15) is 16.6 Å². The zero-order valence-electron chi connectivity index (χ0n) is 7.29. The highest BCUT2D eigenvalue weighted by atomic mass is 32.1. The van der Waals surface area contributed by atoms with Gasteiger partial charge < -0.3 is 9.15 Å². The Labute approximate surface area is 78.9 Å². The Morgan fingerprint density at radius 3 is 2.85 bits per heavy atom. The molecule has 4 heteroatoms. The van der Waals surface area contributed by atoms with Crippen LogP contribution in [-0.2, 0) is 0 Å².